The van der Waals surface area contributed by atoms with E-state index in [1.807, 2.05) is 64.5 Å². The van der Waals surface area contributed by atoms with Gasteiger partial charge in [-0.3, -0.25) is 19.3 Å². The zero-order valence-corrected chi connectivity index (χ0v) is 30.4. The maximum absolute atomic E-state index is 5.96. The number of fused-ring (bicyclic) bond motifs is 2. The van der Waals surface area contributed by atoms with Gasteiger partial charge in [0.25, 0.3) is 0 Å². The van der Waals surface area contributed by atoms with Crippen molar-refractivity contribution in [3.63, 3.8) is 0 Å². The van der Waals surface area contributed by atoms with Gasteiger partial charge in [0, 0.05) is 73.5 Å². The van der Waals surface area contributed by atoms with E-state index in [2.05, 4.69) is 73.0 Å². The second kappa shape index (κ2) is 15.7. The minimum atomic E-state index is 0.384. The Kier molecular flexibility index (Phi) is 10.3. The van der Waals surface area contributed by atoms with Crippen LogP contribution in [0.15, 0.2) is 85.8 Å². The smallest absolute Gasteiger partial charge is 0.154 e. The molecule has 0 unspecified atom stereocenters. The number of rotatable bonds is 7. The quantitative estimate of drug-likeness (QED) is 0.159. The van der Waals surface area contributed by atoms with Crippen LogP contribution >= 0.6 is 11.6 Å². The lowest BCUT2D eigenvalue weighted by Crippen LogP contribution is -2.19. The fourth-order valence-corrected chi connectivity index (χ4v) is 6.69. The fraction of sp³-hybridized carbons (Fsp3) is 0.333. The molecule has 0 bridgehead atoms. The van der Waals surface area contributed by atoms with E-state index in [4.69, 9.17) is 26.1 Å². The monoisotopic (exact) mass is 729 g/mol. The summed E-state index contributed by atoms with van der Waals surface area (Å²) in [7, 11) is 0. The van der Waals surface area contributed by atoms with Crippen LogP contribution < -0.4 is 5.32 Å². The molecule has 0 aromatic carbocycles. The molecule has 0 spiro atoms. The fourth-order valence-electron chi connectivity index (χ4n) is 6.54. The number of aromatic nitrogens is 10. The molecule has 14 heteroatoms. The number of hydrogen-bond acceptors (Lipinski definition) is 11. The van der Waals surface area contributed by atoms with E-state index in [0.29, 0.717) is 34.8 Å². The number of nitrogens with zero attached hydrogens (tertiary/aromatic N) is 10. The van der Waals surface area contributed by atoms with Gasteiger partial charge < -0.3 is 14.8 Å². The highest BCUT2D eigenvalue weighted by atomic mass is 35.5. The minimum Gasteiger partial charge on any atom is -0.381 e. The normalized spacial score (nSPS) is 15.5. The number of nitrogens with one attached hydrogen (secondary N) is 1. The Morgan fingerprint density at radius 2 is 1.21 bits per heavy atom. The number of halogens is 1. The van der Waals surface area contributed by atoms with Crippen LogP contribution in [0, 0.1) is 0 Å². The van der Waals surface area contributed by atoms with Crippen molar-refractivity contribution in [1.29, 1.82) is 0 Å². The van der Waals surface area contributed by atoms with Crippen LogP contribution in [-0.4, -0.2) is 76.1 Å². The zero-order chi connectivity index (χ0) is 36.1. The molecular formula is C39H40ClN11O2. The van der Waals surface area contributed by atoms with Gasteiger partial charge >= 0.3 is 0 Å². The highest BCUT2D eigenvalue weighted by molar-refractivity contribution is 6.29. The molecular weight excluding hydrogens is 690 g/mol. The summed E-state index contributed by atoms with van der Waals surface area (Å²) in [6, 6.07) is 14.4. The number of anilines is 2. The van der Waals surface area contributed by atoms with Gasteiger partial charge in [0.2, 0.25) is 0 Å². The molecule has 7 aromatic rings. The van der Waals surface area contributed by atoms with Crippen LogP contribution in [-0.2, 0) is 9.47 Å². The highest BCUT2D eigenvalue weighted by Crippen LogP contribution is 2.28. The van der Waals surface area contributed by atoms with Gasteiger partial charge in [-0.1, -0.05) is 25.4 Å². The predicted octanol–water partition coefficient (Wildman–Crippen LogP) is 8.00. The lowest BCUT2D eigenvalue weighted by atomic mass is 10.1. The minimum absolute atomic E-state index is 0.384. The summed E-state index contributed by atoms with van der Waals surface area (Å²) in [4.78, 5) is 18.1. The third-order valence-corrected chi connectivity index (χ3v) is 9.85. The van der Waals surface area contributed by atoms with Crippen LogP contribution in [0.1, 0.15) is 63.1 Å². The van der Waals surface area contributed by atoms with E-state index in [-0.39, 0.29) is 0 Å². The van der Waals surface area contributed by atoms with Crippen LogP contribution in [0.4, 0.5) is 11.6 Å². The topological polar surface area (TPSA) is 143 Å². The molecule has 0 aliphatic carbocycles. The summed E-state index contributed by atoms with van der Waals surface area (Å²) < 4.78 is 14.9. The molecule has 9 heterocycles. The van der Waals surface area contributed by atoms with Crippen LogP contribution in [0.3, 0.4) is 0 Å². The summed E-state index contributed by atoms with van der Waals surface area (Å²) in [5.41, 5.74) is 8.50. The molecule has 9 rings (SSSR count). The van der Waals surface area contributed by atoms with Gasteiger partial charge in [0.15, 0.2) is 5.82 Å². The van der Waals surface area contributed by atoms with Crippen LogP contribution in [0.2, 0.25) is 5.15 Å². The Morgan fingerprint density at radius 1 is 0.642 bits per heavy atom. The number of pyridine rings is 4. The van der Waals surface area contributed by atoms with Crippen molar-refractivity contribution in [2.45, 2.75) is 57.5 Å². The molecule has 0 radical (unpaired) electrons. The van der Waals surface area contributed by atoms with Crippen molar-refractivity contribution in [2.75, 3.05) is 31.7 Å². The van der Waals surface area contributed by atoms with Gasteiger partial charge in [-0.25, -0.2) is 9.97 Å². The molecule has 1 N–H and O–H groups in total. The Balaban J connectivity index is 0.000000160. The average molecular weight is 730 g/mol. The van der Waals surface area contributed by atoms with E-state index >= 15 is 0 Å². The molecule has 0 saturated carbocycles. The van der Waals surface area contributed by atoms with Gasteiger partial charge in [-0.15, -0.1) is 5.10 Å². The first kappa shape index (κ1) is 34.7. The molecule has 53 heavy (non-hydrogen) atoms. The maximum atomic E-state index is 5.96. The largest absolute Gasteiger partial charge is 0.381 e. The molecule has 270 valence electrons. The van der Waals surface area contributed by atoms with E-state index in [9.17, 15) is 0 Å². The average Bonchev–Trinajstić information content (AvgIpc) is 3.90. The second-order valence-electron chi connectivity index (χ2n) is 13.6. The zero-order valence-electron chi connectivity index (χ0n) is 29.6. The van der Waals surface area contributed by atoms with Crippen molar-refractivity contribution >= 4 is 45.3 Å². The molecule has 2 saturated heterocycles. The summed E-state index contributed by atoms with van der Waals surface area (Å²) in [6.07, 6.45) is 17.5. The van der Waals surface area contributed by atoms with Crippen molar-refractivity contribution in [1.82, 2.24) is 49.7 Å². The van der Waals surface area contributed by atoms with E-state index < -0.39 is 0 Å². The van der Waals surface area contributed by atoms with Gasteiger partial charge in [0.1, 0.15) is 11.0 Å². The standard InChI is InChI=1S/C23H25N7O.C16H15ClN4O/c1-15(2)16-10-23(29-25-12-16)28-22-4-3-20-21(27-22)9-17(11-24-20)18-13-26-30(14-18)19-5-7-31-8-6-19;17-16-2-1-14-15(20-16)7-11(8-18-14)12-9-19-21(10-12)13-3-5-22-6-4-13/h3-4,9-15,19H,5-8H2,1-2H3,(H,27,28,29);1-2,7-10,13H,3-6H2. The first-order chi connectivity index (χ1) is 25.9. The summed E-state index contributed by atoms with van der Waals surface area (Å²) in [6.45, 7) is 7.46. The predicted molar refractivity (Wildman–Crippen MR) is 204 cm³/mol. The highest BCUT2D eigenvalue weighted by Gasteiger charge is 2.18. The van der Waals surface area contributed by atoms with Gasteiger partial charge in [0.05, 0.1) is 52.7 Å². The van der Waals surface area contributed by atoms with Gasteiger partial charge in [-0.05, 0) is 79.6 Å². The van der Waals surface area contributed by atoms with Gasteiger partial charge in [-0.2, -0.15) is 15.3 Å². The Bertz CT molecular complexity index is 2330. The summed E-state index contributed by atoms with van der Waals surface area (Å²) in [5, 5.41) is 21.1. The molecule has 2 aliphatic heterocycles. The molecule has 0 amide bonds. The summed E-state index contributed by atoms with van der Waals surface area (Å²) >= 11 is 5.96. The van der Waals surface area contributed by atoms with Crippen molar-refractivity contribution < 1.29 is 9.47 Å². The second-order valence-corrected chi connectivity index (χ2v) is 14.0. The SMILES string of the molecule is CC(C)c1cnnc(Nc2ccc3ncc(-c4cnn(C5CCOCC5)c4)cc3n2)c1.Clc1ccc2ncc(-c3cnn(C4CCOCC4)c3)cc2n1. The molecule has 2 aliphatic rings. The number of hydrogen-bond donors (Lipinski definition) is 1. The third-order valence-electron chi connectivity index (χ3n) is 9.64. The summed E-state index contributed by atoms with van der Waals surface area (Å²) in [5.74, 6) is 1.77. The first-order valence-corrected chi connectivity index (χ1v) is 18.4. The van der Waals surface area contributed by atoms with Crippen LogP contribution in [0.5, 0.6) is 0 Å². The maximum Gasteiger partial charge on any atom is 0.154 e. The van der Waals surface area contributed by atoms with Crippen molar-refractivity contribution in [2.24, 2.45) is 0 Å². The van der Waals surface area contributed by atoms with E-state index in [1.54, 1.807) is 12.3 Å². The lowest BCUT2D eigenvalue weighted by molar-refractivity contribution is 0.0661. The van der Waals surface area contributed by atoms with Crippen LogP contribution in [0.25, 0.3) is 44.3 Å². The van der Waals surface area contributed by atoms with Crippen molar-refractivity contribution in [3.05, 3.63) is 96.6 Å². The third kappa shape index (κ3) is 8.17. The number of ether oxygens (including phenoxy) is 2. The molecule has 13 nitrogen and oxygen atoms in total. The molecule has 0 atom stereocenters. The van der Waals surface area contributed by atoms with E-state index in [0.717, 1.165) is 102 Å². The first-order valence-electron chi connectivity index (χ1n) is 18.0. The Labute approximate surface area is 311 Å². The van der Waals surface area contributed by atoms with Crippen molar-refractivity contribution in [3.8, 4) is 22.3 Å². The molecule has 2 fully saturated rings. The Morgan fingerprint density at radius 3 is 1.79 bits per heavy atom. The Hall–Kier alpha value is -5.37. The van der Waals surface area contributed by atoms with E-state index in [1.165, 1.54) is 0 Å². The lowest BCUT2D eigenvalue weighted by Gasteiger charge is -2.22. The molecule has 7 aromatic heterocycles.